The van der Waals surface area contributed by atoms with Crippen LogP contribution in [0.4, 0.5) is 5.82 Å². The minimum absolute atomic E-state index is 0.223. The van der Waals surface area contributed by atoms with Crippen molar-refractivity contribution in [2.24, 2.45) is 0 Å². The standard InChI is InChI=1S/C10H17N3O2/c1-5-15-10(14)8-7(4)12-13-9(8)11-6(2)3/h6H,5H2,1-4H3,(H2,11,12,13). The SMILES string of the molecule is CCOC(=O)c1c(NC(C)C)n[nH]c1C. The van der Waals surface area contributed by atoms with Crippen molar-refractivity contribution in [3.05, 3.63) is 11.3 Å². The van der Waals surface area contributed by atoms with Gasteiger partial charge in [0, 0.05) is 11.7 Å². The van der Waals surface area contributed by atoms with E-state index < -0.39 is 0 Å². The summed E-state index contributed by atoms with van der Waals surface area (Å²) in [6, 6.07) is 0.223. The fraction of sp³-hybridized carbons (Fsp3) is 0.600. The zero-order valence-electron chi connectivity index (χ0n) is 9.55. The maximum absolute atomic E-state index is 11.6. The van der Waals surface area contributed by atoms with E-state index in [4.69, 9.17) is 4.74 Å². The van der Waals surface area contributed by atoms with Gasteiger partial charge in [0.05, 0.1) is 6.61 Å². The third-order valence-electron chi connectivity index (χ3n) is 1.85. The van der Waals surface area contributed by atoms with E-state index >= 15 is 0 Å². The number of aromatic nitrogens is 2. The quantitative estimate of drug-likeness (QED) is 0.744. The number of carbonyl (C=O) groups excluding carboxylic acids is 1. The summed E-state index contributed by atoms with van der Waals surface area (Å²) in [5.74, 6) is 0.216. The molecule has 15 heavy (non-hydrogen) atoms. The Kier molecular flexibility index (Phi) is 3.71. The summed E-state index contributed by atoms with van der Waals surface area (Å²) >= 11 is 0. The lowest BCUT2D eigenvalue weighted by atomic mass is 10.2. The first-order valence-corrected chi connectivity index (χ1v) is 5.04. The van der Waals surface area contributed by atoms with Gasteiger partial charge in [-0.15, -0.1) is 0 Å². The Balaban J connectivity index is 2.93. The summed E-state index contributed by atoms with van der Waals surface area (Å²) < 4.78 is 4.95. The zero-order valence-corrected chi connectivity index (χ0v) is 9.55. The van der Waals surface area contributed by atoms with Crippen LogP contribution in [0.1, 0.15) is 36.8 Å². The maximum Gasteiger partial charge on any atom is 0.343 e. The first kappa shape index (κ1) is 11.6. The monoisotopic (exact) mass is 211 g/mol. The summed E-state index contributed by atoms with van der Waals surface area (Å²) in [6.07, 6.45) is 0. The molecule has 84 valence electrons. The van der Waals surface area contributed by atoms with Crippen LogP contribution in [0.15, 0.2) is 0 Å². The molecule has 1 heterocycles. The van der Waals surface area contributed by atoms with Crippen molar-refractivity contribution in [2.75, 3.05) is 11.9 Å². The van der Waals surface area contributed by atoms with Crippen LogP contribution in [0.3, 0.4) is 0 Å². The number of rotatable bonds is 4. The molecular formula is C10H17N3O2. The lowest BCUT2D eigenvalue weighted by molar-refractivity contribution is 0.0526. The van der Waals surface area contributed by atoms with Gasteiger partial charge in [-0.05, 0) is 27.7 Å². The predicted molar refractivity (Wildman–Crippen MR) is 58.0 cm³/mol. The van der Waals surface area contributed by atoms with E-state index in [-0.39, 0.29) is 12.0 Å². The number of hydrogen-bond donors (Lipinski definition) is 2. The Morgan fingerprint density at radius 1 is 1.60 bits per heavy atom. The van der Waals surface area contributed by atoms with Crippen LogP contribution >= 0.6 is 0 Å². The van der Waals surface area contributed by atoms with Crippen LogP contribution in [0.2, 0.25) is 0 Å². The van der Waals surface area contributed by atoms with Crippen molar-refractivity contribution in [1.29, 1.82) is 0 Å². The van der Waals surface area contributed by atoms with Crippen LogP contribution in [-0.4, -0.2) is 28.8 Å². The van der Waals surface area contributed by atoms with Gasteiger partial charge in [-0.2, -0.15) is 5.10 Å². The number of nitrogens with one attached hydrogen (secondary N) is 2. The number of anilines is 1. The lowest BCUT2D eigenvalue weighted by Crippen LogP contribution is -2.14. The van der Waals surface area contributed by atoms with Crippen molar-refractivity contribution in [2.45, 2.75) is 33.7 Å². The van der Waals surface area contributed by atoms with Crippen LogP contribution in [0.5, 0.6) is 0 Å². The van der Waals surface area contributed by atoms with E-state index in [2.05, 4.69) is 15.5 Å². The molecule has 2 N–H and O–H groups in total. The molecule has 5 heteroatoms. The normalized spacial score (nSPS) is 10.5. The fourth-order valence-electron chi connectivity index (χ4n) is 1.26. The molecule has 1 aromatic rings. The number of ether oxygens (including phenoxy) is 1. The molecule has 0 aliphatic rings. The summed E-state index contributed by atoms with van der Waals surface area (Å²) in [6.45, 7) is 7.91. The van der Waals surface area contributed by atoms with Crippen molar-refractivity contribution in [3.63, 3.8) is 0 Å². The van der Waals surface area contributed by atoms with Crippen molar-refractivity contribution >= 4 is 11.8 Å². The Hall–Kier alpha value is -1.52. The minimum atomic E-state index is -0.341. The third kappa shape index (κ3) is 2.71. The second-order valence-electron chi connectivity index (χ2n) is 3.59. The molecule has 0 radical (unpaired) electrons. The molecule has 0 unspecified atom stereocenters. The summed E-state index contributed by atoms with van der Waals surface area (Å²) in [5, 5.41) is 9.88. The highest BCUT2D eigenvalue weighted by Gasteiger charge is 2.19. The average Bonchev–Trinajstić information content (AvgIpc) is 2.46. The third-order valence-corrected chi connectivity index (χ3v) is 1.85. The molecule has 0 aromatic carbocycles. The van der Waals surface area contributed by atoms with Gasteiger partial charge in [-0.1, -0.05) is 0 Å². The molecular weight excluding hydrogens is 194 g/mol. The van der Waals surface area contributed by atoms with Gasteiger partial charge >= 0.3 is 5.97 Å². The van der Waals surface area contributed by atoms with Gasteiger partial charge in [0.15, 0.2) is 5.82 Å². The predicted octanol–water partition coefficient (Wildman–Crippen LogP) is 1.72. The molecule has 1 aromatic heterocycles. The van der Waals surface area contributed by atoms with Gasteiger partial charge in [-0.3, -0.25) is 5.10 Å². The highest BCUT2D eigenvalue weighted by Crippen LogP contribution is 2.17. The molecule has 0 atom stereocenters. The fourth-order valence-corrected chi connectivity index (χ4v) is 1.26. The van der Waals surface area contributed by atoms with Crippen molar-refractivity contribution in [3.8, 4) is 0 Å². The van der Waals surface area contributed by atoms with E-state index in [0.717, 1.165) is 5.69 Å². The van der Waals surface area contributed by atoms with Crippen LogP contribution in [0.25, 0.3) is 0 Å². The van der Waals surface area contributed by atoms with E-state index in [1.807, 2.05) is 13.8 Å². The van der Waals surface area contributed by atoms with Gasteiger partial charge in [0.1, 0.15) is 5.56 Å². The maximum atomic E-state index is 11.6. The van der Waals surface area contributed by atoms with Crippen LogP contribution in [0, 0.1) is 6.92 Å². The molecule has 0 bridgehead atoms. The Morgan fingerprint density at radius 3 is 2.80 bits per heavy atom. The minimum Gasteiger partial charge on any atom is -0.462 e. The van der Waals surface area contributed by atoms with E-state index in [9.17, 15) is 4.79 Å². The van der Waals surface area contributed by atoms with Crippen LogP contribution < -0.4 is 5.32 Å². The van der Waals surface area contributed by atoms with Crippen molar-refractivity contribution < 1.29 is 9.53 Å². The van der Waals surface area contributed by atoms with E-state index in [1.165, 1.54) is 0 Å². The number of aryl methyl sites for hydroxylation is 1. The van der Waals surface area contributed by atoms with Gasteiger partial charge in [0.2, 0.25) is 0 Å². The van der Waals surface area contributed by atoms with Gasteiger partial charge in [-0.25, -0.2) is 4.79 Å². The molecule has 0 fully saturated rings. The summed E-state index contributed by atoms with van der Waals surface area (Å²) in [5.41, 5.74) is 1.21. The van der Waals surface area contributed by atoms with Gasteiger partial charge in [0.25, 0.3) is 0 Å². The highest BCUT2D eigenvalue weighted by atomic mass is 16.5. The molecule has 0 amide bonds. The van der Waals surface area contributed by atoms with Crippen LogP contribution in [-0.2, 0) is 4.74 Å². The second-order valence-corrected chi connectivity index (χ2v) is 3.59. The first-order chi connectivity index (χ1) is 7.06. The Bertz CT molecular complexity index is 344. The van der Waals surface area contributed by atoms with E-state index in [1.54, 1.807) is 13.8 Å². The first-order valence-electron chi connectivity index (χ1n) is 5.04. The Labute approximate surface area is 89.2 Å². The molecule has 0 saturated carbocycles. The topological polar surface area (TPSA) is 67.0 Å². The number of hydrogen-bond acceptors (Lipinski definition) is 4. The van der Waals surface area contributed by atoms with Gasteiger partial charge < -0.3 is 10.1 Å². The Morgan fingerprint density at radius 2 is 2.27 bits per heavy atom. The number of H-pyrrole nitrogens is 1. The zero-order chi connectivity index (χ0) is 11.4. The summed E-state index contributed by atoms with van der Waals surface area (Å²) in [7, 11) is 0. The number of carbonyl (C=O) groups is 1. The average molecular weight is 211 g/mol. The molecule has 0 aliphatic carbocycles. The largest absolute Gasteiger partial charge is 0.462 e. The van der Waals surface area contributed by atoms with Crippen molar-refractivity contribution in [1.82, 2.24) is 10.2 Å². The molecule has 5 nitrogen and oxygen atoms in total. The second kappa shape index (κ2) is 4.82. The molecule has 0 aliphatic heterocycles. The van der Waals surface area contributed by atoms with E-state index in [0.29, 0.717) is 18.0 Å². The number of aromatic amines is 1. The molecule has 0 spiro atoms. The number of nitrogens with zero attached hydrogens (tertiary/aromatic N) is 1. The number of esters is 1. The summed E-state index contributed by atoms with van der Waals surface area (Å²) in [4.78, 5) is 11.6. The molecule has 1 rings (SSSR count). The smallest absolute Gasteiger partial charge is 0.343 e. The molecule has 0 saturated heterocycles. The highest BCUT2D eigenvalue weighted by molar-refractivity contribution is 5.95. The lowest BCUT2D eigenvalue weighted by Gasteiger charge is -2.08.